The lowest BCUT2D eigenvalue weighted by atomic mass is 9.75. The summed E-state index contributed by atoms with van der Waals surface area (Å²) in [6.07, 6.45) is -0.357. The van der Waals surface area contributed by atoms with Crippen molar-refractivity contribution in [1.82, 2.24) is 0 Å². The molecule has 3 atom stereocenters. The topological polar surface area (TPSA) is 61.8 Å². The second kappa shape index (κ2) is 11.3. The summed E-state index contributed by atoms with van der Waals surface area (Å²) in [5.41, 5.74) is -1.76. The minimum atomic E-state index is -2.72. The monoisotopic (exact) mass is 528 g/mol. The van der Waals surface area contributed by atoms with E-state index in [2.05, 4.69) is 0 Å². The highest BCUT2D eigenvalue weighted by Gasteiger charge is 2.60. The number of rotatable bonds is 10. The van der Waals surface area contributed by atoms with Gasteiger partial charge in [-0.3, -0.25) is 4.79 Å². The van der Waals surface area contributed by atoms with Crippen LogP contribution in [-0.2, 0) is 25.5 Å². The van der Waals surface area contributed by atoms with Gasteiger partial charge in [-0.1, -0.05) is 48.0 Å². The molecule has 4 rings (SSSR count). The molecule has 0 saturated heterocycles. The maximum Gasteiger partial charge on any atom is 0.348 e. The van der Waals surface area contributed by atoms with Crippen molar-refractivity contribution >= 4 is 23.5 Å². The molecule has 1 saturated carbocycles. The number of alkyl halides is 1. The second-order valence-corrected chi connectivity index (χ2v) is 9.54. The molecule has 1 fully saturated rings. The van der Waals surface area contributed by atoms with Crippen LogP contribution in [0.1, 0.15) is 36.8 Å². The van der Waals surface area contributed by atoms with Gasteiger partial charge in [-0.15, -0.1) is 0 Å². The van der Waals surface area contributed by atoms with E-state index in [9.17, 15) is 14.0 Å². The second-order valence-electron chi connectivity index (χ2n) is 9.11. The fraction of sp³-hybridized carbons (Fsp3) is 0.310. The van der Waals surface area contributed by atoms with Crippen LogP contribution in [0.2, 0.25) is 5.02 Å². The van der Waals surface area contributed by atoms with Gasteiger partial charge in [0.1, 0.15) is 5.75 Å². The van der Waals surface area contributed by atoms with Crippen LogP contribution in [-0.4, -0.2) is 30.8 Å². The van der Waals surface area contributed by atoms with Crippen molar-refractivity contribution < 1.29 is 32.6 Å². The Hall–Kier alpha value is -3.45. The molecule has 0 heterocycles. The predicted molar refractivity (Wildman–Crippen MR) is 135 cm³/mol. The van der Waals surface area contributed by atoms with Crippen molar-refractivity contribution in [1.29, 1.82) is 0 Å². The lowest BCUT2D eigenvalue weighted by Gasteiger charge is -2.37. The zero-order chi connectivity index (χ0) is 26.6. The average Bonchev–Trinajstić information content (AvgIpc) is 3.71. The molecule has 194 valence electrons. The van der Waals surface area contributed by atoms with E-state index in [1.54, 1.807) is 54.6 Å². The Bertz CT molecular complexity index is 1250. The smallest absolute Gasteiger partial charge is 0.348 e. The predicted octanol–water partition coefficient (Wildman–Crippen LogP) is 6.82. The molecular formula is C29H27ClF2O5. The van der Waals surface area contributed by atoms with E-state index in [0.29, 0.717) is 34.7 Å². The van der Waals surface area contributed by atoms with Crippen LogP contribution in [0.4, 0.5) is 8.78 Å². The number of methoxy groups -OCH3 is 1. The SMILES string of the molecule is COC(=O)[C@](F)([C@H](Cc1ccc(F)c(Oc2ccccc2)c1)OC(C)=O)[C@@H](c1ccc(Cl)cc1)C1CC1. The molecule has 0 unspecified atom stereocenters. The summed E-state index contributed by atoms with van der Waals surface area (Å²) in [5, 5.41) is 0.467. The molecule has 0 N–H and O–H groups in total. The van der Waals surface area contributed by atoms with Crippen molar-refractivity contribution in [2.75, 3.05) is 7.11 Å². The van der Waals surface area contributed by atoms with E-state index in [1.165, 1.54) is 18.2 Å². The summed E-state index contributed by atoms with van der Waals surface area (Å²) < 4.78 is 47.9. The number of carbonyl (C=O) groups is 2. The first kappa shape index (κ1) is 26.6. The van der Waals surface area contributed by atoms with Gasteiger partial charge in [-0.05, 0) is 66.3 Å². The number of para-hydroxylation sites is 1. The van der Waals surface area contributed by atoms with Crippen molar-refractivity contribution in [3.05, 3.63) is 94.8 Å². The molecule has 5 nitrogen and oxygen atoms in total. The largest absolute Gasteiger partial charge is 0.467 e. The zero-order valence-corrected chi connectivity index (χ0v) is 21.2. The van der Waals surface area contributed by atoms with Gasteiger partial charge in [-0.2, -0.15) is 0 Å². The van der Waals surface area contributed by atoms with Gasteiger partial charge in [0, 0.05) is 24.3 Å². The average molecular weight is 529 g/mol. The summed E-state index contributed by atoms with van der Waals surface area (Å²) >= 11 is 6.04. The Morgan fingerprint density at radius 1 is 1.05 bits per heavy atom. The highest BCUT2D eigenvalue weighted by molar-refractivity contribution is 6.30. The molecule has 0 radical (unpaired) electrons. The lowest BCUT2D eigenvalue weighted by Crippen LogP contribution is -2.54. The molecule has 1 aliphatic carbocycles. The fourth-order valence-corrected chi connectivity index (χ4v) is 4.76. The molecule has 8 heteroatoms. The molecule has 3 aromatic carbocycles. The van der Waals surface area contributed by atoms with Crippen LogP contribution >= 0.6 is 11.6 Å². The lowest BCUT2D eigenvalue weighted by molar-refractivity contribution is -0.177. The third-order valence-corrected chi connectivity index (χ3v) is 6.69. The first-order valence-electron chi connectivity index (χ1n) is 11.9. The Kier molecular flexibility index (Phi) is 8.13. The van der Waals surface area contributed by atoms with Crippen LogP contribution in [0.5, 0.6) is 11.5 Å². The van der Waals surface area contributed by atoms with E-state index >= 15 is 4.39 Å². The van der Waals surface area contributed by atoms with Crippen molar-refractivity contribution in [2.24, 2.45) is 5.92 Å². The van der Waals surface area contributed by atoms with Crippen LogP contribution in [0.25, 0.3) is 0 Å². The van der Waals surface area contributed by atoms with Gasteiger partial charge >= 0.3 is 11.9 Å². The fourth-order valence-electron chi connectivity index (χ4n) is 4.63. The maximum absolute atomic E-state index is 17.3. The van der Waals surface area contributed by atoms with Crippen LogP contribution < -0.4 is 4.74 Å². The summed E-state index contributed by atoms with van der Waals surface area (Å²) in [5.74, 6) is -3.29. The maximum atomic E-state index is 17.3. The van der Waals surface area contributed by atoms with Gasteiger partial charge in [0.25, 0.3) is 5.67 Å². The number of benzene rings is 3. The molecule has 0 amide bonds. The zero-order valence-electron chi connectivity index (χ0n) is 20.5. The highest BCUT2D eigenvalue weighted by atomic mass is 35.5. The van der Waals surface area contributed by atoms with Gasteiger partial charge in [0.2, 0.25) is 0 Å². The molecule has 0 bridgehead atoms. The van der Waals surface area contributed by atoms with E-state index in [-0.39, 0.29) is 18.1 Å². The first-order chi connectivity index (χ1) is 17.7. The summed E-state index contributed by atoms with van der Waals surface area (Å²) in [7, 11) is 1.09. The number of carbonyl (C=O) groups excluding carboxylic acids is 2. The molecule has 0 aliphatic heterocycles. The molecule has 37 heavy (non-hydrogen) atoms. The summed E-state index contributed by atoms with van der Waals surface area (Å²) in [6, 6.07) is 19.2. The minimum absolute atomic E-state index is 0.0794. The van der Waals surface area contributed by atoms with Crippen LogP contribution in [0.3, 0.4) is 0 Å². The quantitative estimate of drug-likeness (QED) is 0.270. The van der Waals surface area contributed by atoms with E-state index in [1.807, 2.05) is 0 Å². The van der Waals surface area contributed by atoms with Crippen molar-refractivity contribution in [3.63, 3.8) is 0 Å². The Morgan fingerprint density at radius 2 is 1.73 bits per heavy atom. The standard InChI is InChI=1S/C29H27ClF2O5/c1-18(33)36-26(17-19-8-15-24(31)25(16-19)37-23-6-4-3-5-7-23)29(32,28(34)35-2)27(20-9-10-20)21-11-13-22(30)14-12-21/h3-8,11-16,20,26-27H,9-10,17H2,1-2H3/t26-,27+,29-/m0/s1. The minimum Gasteiger partial charge on any atom is -0.467 e. The molecule has 1 aliphatic rings. The van der Waals surface area contributed by atoms with E-state index in [0.717, 1.165) is 14.0 Å². The van der Waals surface area contributed by atoms with Gasteiger partial charge < -0.3 is 14.2 Å². The number of hydrogen-bond donors (Lipinski definition) is 0. The Balaban J connectivity index is 1.74. The van der Waals surface area contributed by atoms with Crippen LogP contribution in [0.15, 0.2) is 72.8 Å². The molecule has 0 spiro atoms. The third-order valence-electron chi connectivity index (χ3n) is 6.44. The summed E-state index contributed by atoms with van der Waals surface area (Å²) in [4.78, 5) is 25.2. The number of esters is 2. The number of halogens is 3. The Morgan fingerprint density at radius 3 is 2.32 bits per heavy atom. The Labute approximate surface area is 219 Å². The number of ether oxygens (including phenoxy) is 3. The molecule has 0 aromatic heterocycles. The normalized spacial score (nSPS) is 16.2. The number of hydrogen-bond acceptors (Lipinski definition) is 5. The molecular weight excluding hydrogens is 502 g/mol. The van der Waals surface area contributed by atoms with E-state index in [4.69, 9.17) is 25.8 Å². The van der Waals surface area contributed by atoms with Crippen LogP contribution in [0, 0.1) is 11.7 Å². The summed E-state index contributed by atoms with van der Waals surface area (Å²) in [6.45, 7) is 1.15. The van der Waals surface area contributed by atoms with Gasteiger partial charge in [-0.25, -0.2) is 13.6 Å². The first-order valence-corrected chi connectivity index (χ1v) is 12.3. The van der Waals surface area contributed by atoms with E-state index < -0.39 is 35.4 Å². The third kappa shape index (κ3) is 6.10. The van der Waals surface area contributed by atoms with Crippen molar-refractivity contribution in [2.45, 2.75) is 43.9 Å². The highest BCUT2D eigenvalue weighted by Crippen LogP contribution is 2.52. The van der Waals surface area contributed by atoms with Gasteiger partial charge in [0.05, 0.1) is 7.11 Å². The molecule has 3 aromatic rings. The van der Waals surface area contributed by atoms with Crippen molar-refractivity contribution in [3.8, 4) is 11.5 Å². The van der Waals surface area contributed by atoms with Gasteiger partial charge in [0.15, 0.2) is 17.7 Å².